The predicted octanol–water partition coefficient (Wildman–Crippen LogP) is 0.491. The van der Waals surface area contributed by atoms with Crippen LogP contribution >= 0.6 is 0 Å². The van der Waals surface area contributed by atoms with Gasteiger partial charge in [0.05, 0.1) is 12.7 Å². The van der Waals surface area contributed by atoms with Gasteiger partial charge in [-0.3, -0.25) is 19.2 Å². The zero-order valence-electron chi connectivity index (χ0n) is 14.3. The SMILES string of the molecule is CCCCC(=O)N1CCN(Cc2nc3c(cnn3C)c(=O)[nH]2)CC1. The smallest absolute Gasteiger partial charge is 0.262 e. The second kappa shape index (κ2) is 7.12. The number of H-pyrrole nitrogens is 1. The minimum atomic E-state index is -0.156. The van der Waals surface area contributed by atoms with E-state index in [-0.39, 0.29) is 11.5 Å². The van der Waals surface area contributed by atoms with Crippen molar-refractivity contribution in [2.24, 2.45) is 7.05 Å². The van der Waals surface area contributed by atoms with Gasteiger partial charge in [0, 0.05) is 39.6 Å². The molecule has 8 nitrogen and oxygen atoms in total. The van der Waals surface area contributed by atoms with E-state index in [9.17, 15) is 9.59 Å². The Kier molecular flexibility index (Phi) is 4.94. The molecule has 0 spiro atoms. The van der Waals surface area contributed by atoms with E-state index in [1.165, 1.54) is 6.20 Å². The minimum absolute atomic E-state index is 0.156. The molecule has 0 aliphatic carbocycles. The van der Waals surface area contributed by atoms with E-state index in [1.807, 2.05) is 4.90 Å². The molecular weight excluding hydrogens is 308 g/mol. The Morgan fingerprint density at radius 1 is 1.29 bits per heavy atom. The highest BCUT2D eigenvalue weighted by Gasteiger charge is 2.21. The second-order valence-corrected chi connectivity index (χ2v) is 6.28. The van der Waals surface area contributed by atoms with Crippen LogP contribution in [0.3, 0.4) is 0 Å². The molecule has 0 saturated carbocycles. The van der Waals surface area contributed by atoms with Gasteiger partial charge in [-0.05, 0) is 6.42 Å². The largest absolute Gasteiger partial charge is 0.340 e. The summed E-state index contributed by atoms with van der Waals surface area (Å²) in [6.07, 6.45) is 4.17. The van der Waals surface area contributed by atoms with Gasteiger partial charge in [-0.2, -0.15) is 5.10 Å². The summed E-state index contributed by atoms with van der Waals surface area (Å²) < 4.78 is 1.61. The highest BCUT2D eigenvalue weighted by Crippen LogP contribution is 2.10. The van der Waals surface area contributed by atoms with E-state index in [0.717, 1.165) is 39.0 Å². The number of amides is 1. The molecule has 1 fully saturated rings. The van der Waals surface area contributed by atoms with Gasteiger partial charge in [0.1, 0.15) is 11.2 Å². The first-order valence-corrected chi connectivity index (χ1v) is 8.49. The Morgan fingerprint density at radius 2 is 2.04 bits per heavy atom. The van der Waals surface area contributed by atoms with Crippen molar-refractivity contribution in [1.82, 2.24) is 29.5 Å². The summed E-state index contributed by atoms with van der Waals surface area (Å²) in [5.41, 5.74) is 0.443. The number of piperazine rings is 1. The number of carbonyl (C=O) groups excluding carboxylic acids is 1. The monoisotopic (exact) mass is 332 g/mol. The molecule has 1 aliphatic rings. The number of aromatic amines is 1. The summed E-state index contributed by atoms with van der Waals surface area (Å²) in [6.45, 7) is 5.74. The zero-order chi connectivity index (χ0) is 17.1. The molecule has 2 aromatic heterocycles. The molecular formula is C16H24N6O2. The maximum absolute atomic E-state index is 12.1. The molecule has 24 heavy (non-hydrogen) atoms. The topological polar surface area (TPSA) is 87.1 Å². The van der Waals surface area contributed by atoms with Gasteiger partial charge in [-0.25, -0.2) is 4.98 Å². The van der Waals surface area contributed by atoms with Gasteiger partial charge in [0.2, 0.25) is 5.91 Å². The normalized spacial score (nSPS) is 16.0. The third kappa shape index (κ3) is 3.48. The highest BCUT2D eigenvalue weighted by atomic mass is 16.2. The minimum Gasteiger partial charge on any atom is -0.340 e. The zero-order valence-corrected chi connectivity index (χ0v) is 14.3. The van der Waals surface area contributed by atoms with Crippen molar-refractivity contribution >= 4 is 16.9 Å². The molecule has 0 bridgehead atoms. The van der Waals surface area contributed by atoms with Crippen LogP contribution in [0.25, 0.3) is 11.0 Å². The lowest BCUT2D eigenvalue weighted by atomic mass is 10.2. The lowest BCUT2D eigenvalue weighted by Gasteiger charge is -2.34. The van der Waals surface area contributed by atoms with Gasteiger partial charge in [-0.1, -0.05) is 13.3 Å². The van der Waals surface area contributed by atoms with Crippen molar-refractivity contribution in [1.29, 1.82) is 0 Å². The van der Waals surface area contributed by atoms with Crippen LogP contribution in [0.15, 0.2) is 11.0 Å². The van der Waals surface area contributed by atoms with E-state index in [1.54, 1.807) is 11.7 Å². The molecule has 0 aromatic carbocycles. The molecule has 0 atom stereocenters. The molecule has 1 aliphatic heterocycles. The van der Waals surface area contributed by atoms with Gasteiger partial charge >= 0.3 is 0 Å². The first-order chi connectivity index (χ1) is 11.6. The molecule has 1 N–H and O–H groups in total. The first kappa shape index (κ1) is 16.6. The quantitative estimate of drug-likeness (QED) is 0.861. The van der Waals surface area contributed by atoms with Gasteiger partial charge in [-0.15, -0.1) is 0 Å². The van der Waals surface area contributed by atoms with Crippen LogP contribution < -0.4 is 5.56 Å². The number of unbranched alkanes of at least 4 members (excludes halogenated alkanes) is 1. The van der Waals surface area contributed by atoms with Crippen LogP contribution in [0.1, 0.15) is 32.0 Å². The Bertz CT molecular complexity index is 772. The number of hydrogen-bond donors (Lipinski definition) is 1. The van der Waals surface area contributed by atoms with E-state index >= 15 is 0 Å². The molecule has 3 heterocycles. The Hall–Kier alpha value is -2.22. The number of hydrogen-bond acceptors (Lipinski definition) is 5. The van der Waals surface area contributed by atoms with Crippen LogP contribution in [0.2, 0.25) is 0 Å². The molecule has 3 rings (SSSR count). The average Bonchev–Trinajstić information content (AvgIpc) is 2.95. The molecule has 130 valence electrons. The van der Waals surface area contributed by atoms with E-state index in [0.29, 0.717) is 29.8 Å². The van der Waals surface area contributed by atoms with Crippen molar-refractivity contribution in [2.45, 2.75) is 32.7 Å². The van der Waals surface area contributed by atoms with Crippen LogP contribution in [-0.4, -0.2) is 61.6 Å². The predicted molar refractivity (Wildman–Crippen MR) is 90.5 cm³/mol. The number of rotatable bonds is 5. The molecule has 0 unspecified atom stereocenters. The summed E-state index contributed by atoms with van der Waals surface area (Å²) in [7, 11) is 1.78. The summed E-state index contributed by atoms with van der Waals surface area (Å²) in [4.78, 5) is 35.6. The molecule has 0 radical (unpaired) electrons. The van der Waals surface area contributed by atoms with Gasteiger partial charge < -0.3 is 9.88 Å². The number of nitrogens with one attached hydrogen (secondary N) is 1. The van der Waals surface area contributed by atoms with E-state index in [4.69, 9.17) is 0 Å². The number of carbonyl (C=O) groups is 1. The third-order valence-electron chi connectivity index (χ3n) is 4.49. The fraction of sp³-hybridized carbons (Fsp3) is 0.625. The van der Waals surface area contributed by atoms with Crippen LogP contribution in [0, 0.1) is 0 Å². The summed E-state index contributed by atoms with van der Waals surface area (Å²) in [6, 6.07) is 0. The molecule has 8 heteroatoms. The van der Waals surface area contributed by atoms with Crippen molar-refractivity contribution in [3.63, 3.8) is 0 Å². The number of fused-ring (bicyclic) bond motifs is 1. The number of aromatic nitrogens is 4. The standard InChI is InChI=1S/C16H24N6O2/c1-3-4-5-14(23)22-8-6-21(7-9-22)11-13-18-15-12(16(24)19-13)10-17-20(15)2/h10H,3-9,11H2,1-2H3,(H,18,19,24). The highest BCUT2D eigenvalue weighted by molar-refractivity contribution is 5.76. The first-order valence-electron chi connectivity index (χ1n) is 8.49. The van der Waals surface area contributed by atoms with Crippen molar-refractivity contribution < 1.29 is 4.79 Å². The third-order valence-corrected chi connectivity index (χ3v) is 4.49. The lowest BCUT2D eigenvalue weighted by Crippen LogP contribution is -2.48. The summed E-state index contributed by atoms with van der Waals surface area (Å²) in [5, 5.41) is 4.58. The summed E-state index contributed by atoms with van der Waals surface area (Å²) >= 11 is 0. The Labute approximate surface area is 140 Å². The fourth-order valence-corrected chi connectivity index (χ4v) is 3.01. The Morgan fingerprint density at radius 3 is 2.75 bits per heavy atom. The summed E-state index contributed by atoms with van der Waals surface area (Å²) in [5.74, 6) is 0.890. The van der Waals surface area contributed by atoms with E-state index in [2.05, 4.69) is 26.9 Å². The molecule has 2 aromatic rings. The van der Waals surface area contributed by atoms with Crippen molar-refractivity contribution in [3.8, 4) is 0 Å². The van der Waals surface area contributed by atoms with Gasteiger partial charge in [0.15, 0.2) is 5.65 Å². The Balaban J connectivity index is 1.61. The fourth-order valence-electron chi connectivity index (χ4n) is 3.01. The van der Waals surface area contributed by atoms with Crippen LogP contribution in [0.5, 0.6) is 0 Å². The van der Waals surface area contributed by atoms with Crippen molar-refractivity contribution in [3.05, 3.63) is 22.4 Å². The van der Waals surface area contributed by atoms with Crippen LogP contribution in [-0.2, 0) is 18.4 Å². The number of nitrogens with zero attached hydrogens (tertiary/aromatic N) is 5. The molecule has 1 saturated heterocycles. The average molecular weight is 332 g/mol. The maximum atomic E-state index is 12.1. The van der Waals surface area contributed by atoms with Gasteiger partial charge in [0.25, 0.3) is 5.56 Å². The van der Waals surface area contributed by atoms with E-state index < -0.39 is 0 Å². The number of aryl methyl sites for hydroxylation is 1. The van der Waals surface area contributed by atoms with Crippen LogP contribution in [0.4, 0.5) is 0 Å². The lowest BCUT2D eigenvalue weighted by molar-refractivity contribution is -0.133. The second-order valence-electron chi connectivity index (χ2n) is 6.28. The van der Waals surface area contributed by atoms with Crippen molar-refractivity contribution in [2.75, 3.05) is 26.2 Å². The molecule has 1 amide bonds. The maximum Gasteiger partial charge on any atom is 0.262 e.